The first-order chi connectivity index (χ1) is 30.6. The lowest BCUT2D eigenvalue weighted by molar-refractivity contribution is -0.332. The molecule has 0 bridgehead atoms. The highest BCUT2D eigenvalue weighted by Gasteiger charge is 2.47. The molecule has 372 valence electrons. The second kappa shape index (κ2) is 37.8. The van der Waals surface area contributed by atoms with Crippen molar-refractivity contribution in [1.82, 2.24) is 0 Å². The lowest BCUT2D eigenvalue weighted by Gasteiger charge is -2.42. The minimum atomic E-state index is -1.70. The fourth-order valence-corrected chi connectivity index (χ4v) is 8.11. The topological polar surface area (TPSA) is 214 Å². The van der Waals surface area contributed by atoms with Crippen molar-refractivity contribution in [1.29, 1.82) is 0 Å². The standard InChI is InChI=1S/C49H92O14/c1-3-5-7-9-11-13-15-16-17-18-19-20-21-22-23-25-27-29-31-33-58-35-38(61-41(51)32-30-28-26-24-14-12-10-8-6-4-2)36-59-48-47(57)45(55)43(53)40(63-48)37-60-49-46(56)44(54)42(52)39(34-50)62-49/h8,10,38-40,42-50,52-57H,3-7,9,11-37H2,1-2H3/b10-8-. The third-order valence-electron chi connectivity index (χ3n) is 12.3. The number of hydrogen-bond acceptors (Lipinski definition) is 14. The third kappa shape index (κ3) is 26.0. The van der Waals surface area contributed by atoms with Crippen LogP contribution in [0, 0.1) is 0 Å². The van der Waals surface area contributed by atoms with Crippen molar-refractivity contribution < 1.29 is 69.0 Å². The first-order valence-corrected chi connectivity index (χ1v) is 25.3. The number of carbonyl (C=O) groups excluding carboxylic acids is 1. The SMILES string of the molecule is CCC/C=C\CCCCCCCC(=O)OC(COCCCCCCCCCCCCCCCCCCCCC)COC1OC(COC2OC(CO)C(O)C(O)C2O)C(O)C(O)C1O. The first-order valence-electron chi connectivity index (χ1n) is 25.3. The smallest absolute Gasteiger partial charge is 0.306 e. The molecule has 2 heterocycles. The van der Waals surface area contributed by atoms with Crippen molar-refractivity contribution in [3.05, 3.63) is 12.2 Å². The quantitative estimate of drug-likeness (QED) is 0.0186. The van der Waals surface area contributed by atoms with Crippen LogP contribution in [0.15, 0.2) is 12.2 Å². The molecule has 0 aromatic rings. The Balaban J connectivity index is 1.73. The van der Waals surface area contributed by atoms with Crippen LogP contribution in [-0.2, 0) is 33.2 Å². The maximum absolute atomic E-state index is 12.9. The number of ether oxygens (including phenoxy) is 6. The van der Waals surface area contributed by atoms with Gasteiger partial charge >= 0.3 is 5.97 Å². The molecule has 11 atom stereocenters. The molecule has 2 fully saturated rings. The van der Waals surface area contributed by atoms with Gasteiger partial charge in [0.1, 0.15) is 54.9 Å². The lowest BCUT2D eigenvalue weighted by atomic mass is 9.98. The summed E-state index contributed by atoms with van der Waals surface area (Å²) in [4.78, 5) is 12.9. The van der Waals surface area contributed by atoms with Gasteiger partial charge in [0.05, 0.1) is 26.4 Å². The van der Waals surface area contributed by atoms with Gasteiger partial charge in [0, 0.05) is 13.0 Å². The third-order valence-corrected chi connectivity index (χ3v) is 12.3. The molecule has 2 aliphatic rings. The Kier molecular flexibility index (Phi) is 34.7. The molecular weight excluding hydrogens is 813 g/mol. The molecule has 0 aromatic carbocycles. The minimum Gasteiger partial charge on any atom is -0.457 e. The Morgan fingerprint density at radius 2 is 0.968 bits per heavy atom. The highest BCUT2D eigenvalue weighted by molar-refractivity contribution is 5.69. The van der Waals surface area contributed by atoms with Gasteiger partial charge in [-0.25, -0.2) is 0 Å². The minimum absolute atomic E-state index is 0.0635. The average molecular weight is 905 g/mol. The summed E-state index contributed by atoms with van der Waals surface area (Å²) in [5.41, 5.74) is 0. The summed E-state index contributed by atoms with van der Waals surface area (Å²) in [6, 6.07) is 0. The first kappa shape index (κ1) is 57.9. The number of esters is 1. The number of aliphatic hydroxyl groups is 7. The summed E-state index contributed by atoms with van der Waals surface area (Å²) in [5, 5.41) is 72.0. The number of carbonyl (C=O) groups is 1. The number of aliphatic hydroxyl groups excluding tert-OH is 7. The van der Waals surface area contributed by atoms with Gasteiger partial charge in [0.15, 0.2) is 12.6 Å². The molecule has 2 saturated heterocycles. The molecule has 14 heteroatoms. The zero-order valence-corrected chi connectivity index (χ0v) is 39.3. The molecule has 0 aliphatic carbocycles. The van der Waals surface area contributed by atoms with E-state index in [-0.39, 0.29) is 25.6 Å². The Morgan fingerprint density at radius 3 is 1.51 bits per heavy atom. The molecule has 0 amide bonds. The molecule has 14 nitrogen and oxygen atoms in total. The van der Waals surface area contributed by atoms with E-state index in [2.05, 4.69) is 26.0 Å². The van der Waals surface area contributed by atoms with Crippen LogP contribution >= 0.6 is 0 Å². The van der Waals surface area contributed by atoms with E-state index in [1.807, 2.05) is 0 Å². The molecule has 0 radical (unpaired) electrons. The van der Waals surface area contributed by atoms with Crippen molar-refractivity contribution >= 4 is 5.97 Å². The summed E-state index contributed by atoms with van der Waals surface area (Å²) in [6.45, 7) is 3.64. The molecule has 63 heavy (non-hydrogen) atoms. The summed E-state index contributed by atoms with van der Waals surface area (Å²) in [6.07, 6.45) is 21.5. The van der Waals surface area contributed by atoms with Gasteiger partial charge < -0.3 is 64.2 Å². The summed E-state index contributed by atoms with van der Waals surface area (Å²) in [5.74, 6) is -0.385. The van der Waals surface area contributed by atoms with Crippen molar-refractivity contribution in [3.8, 4) is 0 Å². The van der Waals surface area contributed by atoms with Gasteiger partial charge in [-0.2, -0.15) is 0 Å². The van der Waals surface area contributed by atoms with Crippen LogP contribution in [0.1, 0.15) is 194 Å². The normalized spacial score (nSPS) is 27.0. The van der Waals surface area contributed by atoms with Gasteiger partial charge in [-0.15, -0.1) is 0 Å². The number of unbranched alkanes of at least 4 members (excludes halogenated alkanes) is 24. The van der Waals surface area contributed by atoms with Crippen LogP contribution in [0.25, 0.3) is 0 Å². The van der Waals surface area contributed by atoms with E-state index in [9.17, 15) is 40.5 Å². The van der Waals surface area contributed by atoms with Crippen LogP contribution in [-0.4, -0.2) is 142 Å². The molecule has 2 aliphatic heterocycles. The van der Waals surface area contributed by atoms with E-state index in [1.165, 1.54) is 103 Å². The number of rotatable bonds is 40. The van der Waals surface area contributed by atoms with E-state index in [0.717, 1.165) is 64.2 Å². The Morgan fingerprint density at radius 1 is 0.508 bits per heavy atom. The summed E-state index contributed by atoms with van der Waals surface area (Å²) < 4.78 is 34.2. The zero-order valence-electron chi connectivity index (χ0n) is 39.3. The predicted octanol–water partition coefficient (Wildman–Crippen LogP) is 7.07. The van der Waals surface area contributed by atoms with Crippen LogP contribution in [0.3, 0.4) is 0 Å². The lowest BCUT2D eigenvalue weighted by Crippen LogP contribution is -2.61. The van der Waals surface area contributed by atoms with E-state index < -0.39 is 80.7 Å². The molecule has 0 spiro atoms. The molecule has 0 saturated carbocycles. The Hall–Kier alpha value is -1.27. The molecule has 0 aromatic heterocycles. The Labute approximate surface area is 380 Å². The van der Waals surface area contributed by atoms with Crippen LogP contribution in [0.5, 0.6) is 0 Å². The van der Waals surface area contributed by atoms with Gasteiger partial charge in [-0.05, 0) is 32.1 Å². The molecular formula is C49H92O14. The van der Waals surface area contributed by atoms with Crippen molar-refractivity contribution in [2.75, 3.05) is 33.0 Å². The largest absolute Gasteiger partial charge is 0.457 e. The van der Waals surface area contributed by atoms with Crippen LogP contribution in [0.4, 0.5) is 0 Å². The van der Waals surface area contributed by atoms with Crippen LogP contribution in [0.2, 0.25) is 0 Å². The zero-order chi connectivity index (χ0) is 45.9. The molecule has 2 rings (SSSR count). The van der Waals surface area contributed by atoms with Gasteiger partial charge in [-0.3, -0.25) is 4.79 Å². The van der Waals surface area contributed by atoms with Crippen LogP contribution < -0.4 is 0 Å². The number of allylic oxidation sites excluding steroid dienone is 2. The molecule has 7 N–H and O–H groups in total. The van der Waals surface area contributed by atoms with E-state index in [0.29, 0.717) is 13.0 Å². The monoisotopic (exact) mass is 905 g/mol. The van der Waals surface area contributed by atoms with E-state index in [4.69, 9.17) is 28.4 Å². The predicted molar refractivity (Wildman–Crippen MR) is 243 cm³/mol. The van der Waals surface area contributed by atoms with E-state index in [1.54, 1.807) is 0 Å². The Bertz CT molecular complexity index is 1100. The summed E-state index contributed by atoms with van der Waals surface area (Å²) >= 11 is 0. The van der Waals surface area contributed by atoms with Gasteiger partial charge in [0.25, 0.3) is 0 Å². The molecule has 11 unspecified atom stereocenters. The maximum atomic E-state index is 12.9. The van der Waals surface area contributed by atoms with Crippen molar-refractivity contribution in [3.63, 3.8) is 0 Å². The highest BCUT2D eigenvalue weighted by Crippen LogP contribution is 2.26. The van der Waals surface area contributed by atoms with E-state index >= 15 is 0 Å². The van der Waals surface area contributed by atoms with Crippen molar-refractivity contribution in [2.24, 2.45) is 0 Å². The van der Waals surface area contributed by atoms with Gasteiger partial charge in [0.2, 0.25) is 0 Å². The van der Waals surface area contributed by atoms with Crippen molar-refractivity contribution in [2.45, 2.75) is 261 Å². The summed E-state index contributed by atoms with van der Waals surface area (Å²) in [7, 11) is 0. The fraction of sp³-hybridized carbons (Fsp3) is 0.939. The fourth-order valence-electron chi connectivity index (χ4n) is 8.11. The average Bonchev–Trinajstić information content (AvgIpc) is 3.28. The van der Waals surface area contributed by atoms with Gasteiger partial charge in [-0.1, -0.05) is 167 Å². The second-order valence-electron chi connectivity index (χ2n) is 18.0. The number of hydrogen-bond donors (Lipinski definition) is 7. The highest BCUT2D eigenvalue weighted by atomic mass is 16.7. The maximum Gasteiger partial charge on any atom is 0.306 e. The second-order valence-corrected chi connectivity index (χ2v) is 18.0.